The lowest BCUT2D eigenvalue weighted by molar-refractivity contribution is 0.669. The Balaban J connectivity index is 1.06. The van der Waals surface area contributed by atoms with Gasteiger partial charge in [0, 0.05) is 30.9 Å². The quantitative estimate of drug-likeness (QED) is 0.128. The molecule has 0 aliphatic rings. The average molecular weight is 707 g/mol. The van der Waals surface area contributed by atoms with Crippen LogP contribution in [0.1, 0.15) is 18.1 Å². The average Bonchev–Trinajstić information content (AvgIpc) is 3.78. The van der Waals surface area contributed by atoms with Gasteiger partial charge in [0.2, 0.25) is 0 Å². The van der Waals surface area contributed by atoms with E-state index >= 15 is 0 Å². The Morgan fingerprint density at radius 1 is 0.519 bits per heavy atom. The lowest BCUT2D eigenvalue weighted by Crippen LogP contribution is -1.92. The van der Waals surface area contributed by atoms with Crippen LogP contribution < -0.4 is 0 Å². The van der Waals surface area contributed by atoms with E-state index in [4.69, 9.17) is 4.42 Å². The van der Waals surface area contributed by atoms with Crippen molar-refractivity contribution < 1.29 is 4.42 Å². The fourth-order valence-electron chi connectivity index (χ4n) is 8.80. The van der Waals surface area contributed by atoms with Crippen molar-refractivity contribution in [3.05, 3.63) is 187 Å². The van der Waals surface area contributed by atoms with Crippen molar-refractivity contribution >= 4 is 102 Å². The van der Waals surface area contributed by atoms with E-state index < -0.39 is 0 Å². The molecular formula is C52H34OS. The van der Waals surface area contributed by atoms with Crippen LogP contribution in [-0.2, 0) is 6.42 Å². The molecule has 0 spiro atoms. The van der Waals surface area contributed by atoms with Gasteiger partial charge in [-0.3, -0.25) is 0 Å². The number of hydrogen-bond acceptors (Lipinski definition) is 2. The molecule has 2 heteroatoms. The van der Waals surface area contributed by atoms with Gasteiger partial charge in [0.15, 0.2) is 0 Å². The number of thiophene rings is 1. The number of allylic oxidation sites excluding steroid dienone is 4. The summed E-state index contributed by atoms with van der Waals surface area (Å²) in [7, 11) is 0. The van der Waals surface area contributed by atoms with Crippen LogP contribution in [0.25, 0.3) is 102 Å². The number of benzene rings is 9. The zero-order valence-electron chi connectivity index (χ0n) is 29.8. The number of rotatable bonds is 5. The van der Waals surface area contributed by atoms with E-state index in [1.165, 1.54) is 102 Å². The Morgan fingerprint density at radius 2 is 1.20 bits per heavy atom. The predicted molar refractivity (Wildman–Crippen MR) is 235 cm³/mol. The van der Waals surface area contributed by atoms with Crippen LogP contribution in [0.3, 0.4) is 0 Å². The Labute approximate surface area is 316 Å². The molecule has 54 heavy (non-hydrogen) atoms. The zero-order valence-corrected chi connectivity index (χ0v) is 30.6. The molecule has 0 atom stereocenters. The molecule has 1 nitrogen and oxygen atoms in total. The van der Waals surface area contributed by atoms with Crippen LogP contribution in [-0.4, -0.2) is 0 Å². The smallest absolute Gasteiger partial charge is 0.136 e. The summed E-state index contributed by atoms with van der Waals surface area (Å²) in [5, 5.41) is 15.1. The van der Waals surface area contributed by atoms with Crippen LogP contribution in [0, 0.1) is 0 Å². The van der Waals surface area contributed by atoms with E-state index in [1.807, 2.05) is 17.4 Å². The van der Waals surface area contributed by atoms with Gasteiger partial charge in [-0.1, -0.05) is 140 Å². The fourth-order valence-corrected chi connectivity index (χ4v) is 9.92. The molecular weight excluding hydrogens is 673 g/mol. The molecule has 0 radical (unpaired) electrons. The van der Waals surface area contributed by atoms with Crippen LogP contribution >= 0.6 is 11.3 Å². The molecule has 0 bridgehead atoms. The summed E-state index contributed by atoms with van der Waals surface area (Å²) in [6, 6.07) is 57.7. The maximum absolute atomic E-state index is 6.28. The first-order chi connectivity index (χ1) is 26.7. The van der Waals surface area contributed by atoms with Crippen LogP contribution in [0.2, 0.25) is 0 Å². The van der Waals surface area contributed by atoms with Gasteiger partial charge < -0.3 is 4.42 Å². The van der Waals surface area contributed by atoms with E-state index in [0.717, 1.165) is 17.6 Å². The summed E-state index contributed by atoms with van der Waals surface area (Å²) >= 11 is 1.88. The summed E-state index contributed by atoms with van der Waals surface area (Å²) in [6.45, 7) is 2.25. The molecule has 0 saturated heterocycles. The zero-order chi connectivity index (χ0) is 35.8. The van der Waals surface area contributed by atoms with Crippen molar-refractivity contribution in [2.24, 2.45) is 0 Å². The third-order valence-corrected chi connectivity index (χ3v) is 12.4. The second-order valence-electron chi connectivity index (χ2n) is 14.4. The molecule has 0 fully saturated rings. The highest BCUT2D eigenvalue weighted by atomic mass is 32.1. The fraction of sp³-hybridized carbons (Fsp3) is 0.0385. The highest BCUT2D eigenvalue weighted by molar-refractivity contribution is 7.25. The van der Waals surface area contributed by atoms with E-state index in [1.54, 1.807) is 0 Å². The first-order valence-electron chi connectivity index (χ1n) is 18.6. The number of furan rings is 1. The van der Waals surface area contributed by atoms with Gasteiger partial charge in [0.05, 0.1) is 0 Å². The summed E-state index contributed by atoms with van der Waals surface area (Å²) in [5.74, 6) is 0. The van der Waals surface area contributed by atoms with Gasteiger partial charge in [0.1, 0.15) is 11.2 Å². The monoisotopic (exact) mass is 706 g/mol. The van der Waals surface area contributed by atoms with Gasteiger partial charge in [-0.15, -0.1) is 11.3 Å². The molecule has 11 aromatic rings. The highest BCUT2D eigenvalue weighted by Gasteiger charge is 2.18. The molecule has 0 N–H and O–H groups in total. The Kier molecular flexibility index (Phi) is 7.08. The van der Waals surface area contributed by atoms with Crippen molar-refractivity contribution in [3.63, 3.8) is 0 Å². The minimum atomic E-state index is 0.894. The second kappa shape index (κ2) is 12.3. The van der Waals surface area contributed by atoms with Gasteiger partial charge in [-0.25, -0.2) is 0 Å². The SMILES string of the molecule is C/C(=C\C=C/Cc1cccc2ccccc12)c1c2ccccc2c(-c2ccc3sc4cc5ccc6oc7ccccc7c6c5cc4c3c2)c2ccccc12. The molecule has 2 aromatic heterocycles. The van der Waals surface area contributed by atoms with E-state index in [-0.39, 0.29) is 0 Å². The first-order valence-corrected chi connectivity index (χ1v) is 19.5. The van der Waals surface area contributed by atoms with Crippen molar-refractivity contribution in [2.75, 3.05) is 0 Å². The lowest BCUT2D eigenvalue weighted by Gasteiger charge is -2.18. The van der Waals surface area contributed by atoms with Crippen molar-refractivity contribution in [1.82, 2.24) is 0 Å². The summed E-state index contributed by atoms with van der Waals surface area (Å²) in [5.41, 5.74) is 8.30. The molecule has 2 heterocycles. The van der Waals surface area contributed by atoms with E-state index in [0.29, 0.717) is 0 Å². The van der Waals surface area contributed by atoms with Crippen LogP contribution in [0.4, 0.5) is 0 Å². The predicted octanol–water partition coefficient (Wildman–Crippen LogP) is 15.4. The lowest BCUT2D eigenvalue weighted by atomic mass is 9.86. The number of hydrogen-bond donors (Lipinski definition) is 0. The minimum Gasteiger partial charge on any atom is -0.456 e. The minimum absolute atomic E-state index is 0.894. The molecule has 9 aromatic carbocycles. The summed E-state index contributed by atoms with van der Waals surface area (Å²) in [6.07, 6.45) is 7.69. The van der Waals surface area contributed by atoms with Crippen LogP contribution in [0.15, 0.2) is 180 Å². The van der Waals surface area contributed by atoms with Gasteiger partial charge >= 0.3 is 0 Å². The number of fused-ring (bicyclic) bond motifs is 11. The topological polar surface area (TPSA) is 13.1 Å². The van der Waals surface area contributed by atoms with Crippen molar-refractivity contribution in [1.29, 1.82) is 0 Å². The second-order valence-corrected chi connectivity index (χ2v) is 15.5. The Bertz CT molecular complexity index is 3310. The molecule has 0 unspecified atom stereocenters. The van der Waals surface area contributed by atoms with Gasteiger partial charge in [-0.05, 0) is 121 Å². The van der Waals surface area contributed by atoms with Crippen molar-refractivity contribution in [2.45, 2.75) is 13.3 Å². The third kappa shape index (κ3) is 4.84. The van der Waals surface area contributed by atoms with E-state index in [2.05, 4.69) is 177 Å². The molecule has 254 valence electrons. The first kappa shape index (κ1) is 31.1. The maximum atomic E-state index is 6.28. The van der Waals surface area contributed by atoms with Gasteiger partial charge in [0.25, 0.3) is 0 Å². The molecule has 0 saturated carbocycles. The Morgan fingerprint density at radius 3 is 2.02 bits per heavy atom. The molecule has 0 aliphatic heterocycles. The summed E-state index contributed by atoms with van der Waals surface area (Å²) < 4.78 is 8.89. The third-order valence-electron chi connectivity index (χ3n) is 11.3. The molecule has 0 amide bonds. The number of para-hydroxylation sites is 1. The highest BCUT2D eigenvalue weighted by Crippen LogP contribution is 2.45. The van der Waals surface area contributed by atoms with E-state index in [9.17, 15) is 0 Å². The van der Waals surface area contributed by atoms with Crippen LogP contribution in [0.5, 0.6) is 0 Å². The standard InChI is InChI=1S/C52H34OS/c1-32(13-2-3-14-33-16-12-17-34-15-4-5-18-37(33)34)50-38-19-6-8-21-40(38)51(41-22-9-7-20-39(41)50)36-26-28-48-44(29-36)45-31-43-35(30-49(45)54-48)25-27-47-52(43)42-23-10-11-24-46(42)53-47/h2-13,15-31H,14H2,1H3/b3-2-,32-13+. The maximum Gasteiger partial charge on any atom is 0.136 e. The molecule has 0 aliphatic carbocycles. The van der Waals surface area contributed by atoms with Gasteiger partial charge in [-0.2, -0.15) is 0 Å². The summed E-state index contributed by atoms with van der Waals surface area (Å²) in [4.78, 5) is 0. The normalized spacial score (nSPS) is 12.6. The largest absolute Gasteiger partial charge is 0.456 e. The Hall–Kier alpha value is -6.48. The molecule has 11 rings (SSSR count). The van der Waals surface area contributed by atoms with Crippen molar-refractivity contribution in [3.8, 4) is 11.1 Å².